The number of nitrogens with one attached hydrogen (secondary N) is 3. The number of carbonyl (C=O) groups excluding carboxylic acids is 2. The lowest BCUT2D eigenvalue weighted by atomic mass is 10.1. The molecule has 3 N–H and O–H groups in total. The van der Waals surface area contributed by atoms with Gasteiger partial charge in [-0.1, -0.05) is 0 Å². The molecule has 0 aliphatic heterocycles. The van der Waals surface area contributed by atoms with Crippen molar-refractivity contribution >= 4 is 33.2 Å². The van der Waals surface area contributed by atoms with E-state index in [1.165, 1.54) is 25.1 Å². The van der Waals surface area contributed by atoms with E-state index in [0.717, 1.165) is 17.4 Å². The number of methoxy groups -OCH3 is 1. The number of aryl methyl sites for hydroxylation is 1. The highest BCUT2D eigenvalue weighted by molar-refractivity contribution is 7.92. The first-order valence-electron chi connectivity index (χ1n) is 8.68. The Hall–Kier alpha value is -3.14. The van der Waals surface area contributed by atoms with Gasteiger partial charge in [0.05, 0.1) is 36.9 Å². The molecule has 9 nitrogen and oxygen atoms in total. The molecule has 2 rings (SSSR count). The zero-order valence-electron chi connectivity index (χ0n) is 16.9. The lowest BCUT2D eigenvalue weighted by Gasteiger charge is -2.15. The summed E-state index contributed by atoms with van der Waals surface area (Å²) in [7, 11) is -2.04. The third-order valence-electron chi connectivity index (χ3n) is 4.05. The first-order chi connectivity index (χ1) is 13.5. The Balaban J connectivity index is 2.32. The fraction of sp³-hybridized carbons (Fsp3) is 0.316. The van der Waals surface area contributed by atoms with Crippen LogP contribution >= 0.6 is 0 Å². The van der Waals surface area contributed by atoms with Crippen LogP contribution in [0.2, 0.25) is 0 Å². The van der Waals surface area contributed by atoms with Gasteiger partial charge in [0.15, 0.2) is 0 Å². The fourth-order valence-corrected chi connectivity index (χ4v) is 3.39. The molecule has 0 spiro atoms. The van der Waals surface area contributed by atoms with Crippen molar-refractivity contribution in [3.8, 4) is 5.75 Å². The number of nitrogens with zero attached hydrogens (tertiary/aromatic N) is 1. The number of ether oxygens (including phenoxy) is 1. The number of rotatable bonds is 7. The molecule has 0 aliphatic carbocycles. The molecule has 0 bridgehead atoms. The van der Waals surface area contributed by atoms with E-state index in [0.29, 0.717) is 17.1 Å². The number of carbonyl (C=O) groups is 2. The van der Waals surface area contributed by atoms with Crippen LogP contribution in [0.5, 0.6) is 5.75 Å². The van der Waals surface area contributed by atoms with Crippen LogP contribution in [0, 0.1) is 13.8 Å². The monoisotopic (exact) mass is 420 g/mol. The smallest absolute Gasteiger partial charge is 0.253 e. The van der Waals surface area contributed by atoms with Crippen molar-refractivity contribution in [2.45, 2.75) is 27.3 Å². The van der Waals surface area contributed by atoms with Gasteiger partial charge in [-0.25, -0.2) is 8.42 Å². The summed E-state index contributed by atoms with van der Waals surface area (Å²) < 4.78 is 30.9. The van der Waals surface area contributed by atoms with E-state index in [1.54, 1.807) is 13.3 Å². The molecule has 1 aromatic heterocycles. The molecule has 156 valence electrons. The highest BCUT2D eigenvalue weighted by Crippen LogP contribution is 2.25. The SMILES string of the molecule is COc1c(C)cnc(CNC(=O)c2cc(NC(C)=O)ccc2NS(C)(=O)=O)c1C. The third kappa shape index (κ3) is 5.92. The number of aromatic nitrogens is 1. The van der Waals surface area contributed by atoms with Gasteiger partial charge in [0, 0.05) is 29.9 Å². The predicted octanol–water partition coefficient (Wildman–Crippen LogP) is 1.97. The van der Waals surface area contributed by atoms with E-state index in [2.05, 4.69) is 20.3 Å². The number of hydrogen-bond acceptors (Lipinski definition) is 6. The van der Waals surface area contributed by atoms with Crippen LogP contribution in [0.4, 0.5) is 11.4 Å². The second kappa shape index (κ2) is 8.91. The molecule has 1 heterocycles. The van der Waals surface area contributed by atoms with Crippen molar-refractivity contribution in [1.82, 2.24) is 10.3 Å². The summed E-state index contributed by atoms with van der Waals surface area (Å²) in [5.41, 5.74) is 2.84. The van der Waals surface area contributed by atoms with Crippen molar-refractivity contribution in [1.29, 1.82) is 0 Å². The average Bonchev–Trinajstić information content (AvgIpc) is 2.61. The van der Waals surface area contributed by atoms with Crippen LogP contribution in [-0.2, 0) is 21.4 Å². The van der Waals surface area contributed by atoms with E-state index in [1.807, 2.05) is 13.8 Å². The van der Waals surface area contributed by atoms with Gasteiger partial charge < -0.3 is 15.4 Å². The maximum Gasteiger partial charge on any atom is 0.253 e. The molecular formula is C19H24N4O5S. The number of anilines is 2. The first kappa shape index (κ1) is 22.2. The molecule has 0 radical (unpaired) electrons. The van der Waals surface area contributed by atoms with Crippen LogP contribution in [-0.4, -0.2) is 38.6 Å². The fourth-order valence-electron chi connectivity index (χ4n) is 2.81. The normalized spacial score (nSPS) is 10.9. The van der Waals surface area contributed by atoms with Gasteiger partial charge in [-0.3, -0.25) is 19.3 Å². The van der Waals surface area contributed by atoms with Crippen molar-refractivity contribution in [3.05, 3.63) is 46.8 Å². The molecule has 0 atom stereocenters. The Kier molecular flexibility index (Phi) is 6.80. The maximum absolute atomic E-state index is 12.8. The number of sulfonamides is 1. The molecule has 10 heteroatoms. The Morgan fingerprint density at radius 1 is 1.21 bits per heavy atom. The summed E-state index contributed by atoms with van der Waals surface area (Å²) in [6, 6.07) is 4.32. The zero-order chi connectivity index (χ0) is 21.8. The van der Waals surface area contributed by atoms with Gasteiger partial charge in [0.25, 0.3) is 5.91 Å². The van der Waals surface area contributed by atoms with Crippen molar-refractivity contribution < 1.29 is 22.7 Å². The Morgan fingerprint density at radius 2 is 1.90 bits per heavy atom. The van der Waals surface area contributed by atoms with Gasteiger partial charge in [-0.05, 0) is 32.0 Å². The molecule has 29 heavy (non-hydrogen) atoms. The van der Waals surface area contributed by atoms with Crippen LogP contribution in [0.1, 0.15) is 34.1 Å². The second-order valence-electron chi connectivity index (χ2n) is 6.54. The van der Waals surface area contributed by atoms with Gasteiger partial charge in [-0.2, -0.15) is 0 Å². The van der Waals surface area contributed by atoms with Crippen molar-refractivity contribution in [3.63, 3.8) is 0 Å². The molecule has 2 aromatic rings. The van der Waals surface area contributed by atoms with Crippen LogP contribution in [0.3, 0.4) is 0 Å². The van der Waals surface area contributed by atoms with E-state index in [-0.39, 0.29) is 23.7 Å². The average molecular weight is 420 g/mol. The molecule has 0 aliphatic rings. The topological polar surface area (TPSA) is 126 Å². The summed E-state index contributed by atoms with van der Waals surface area (Å²) in [5.74, 6) is -0.146. The Morgan fingerprint density at radius 3 is 2.48 bits per heavy atom. The number of amides is 2. The van der Waals surface area contributed by atoms with E-state index >= 15 is 0 Å². The molecule has 0 saturated carbocycles. The second-order valence-corrected chi connectivity index (χ2v) is 8.29. The van der Waals surface area contributed by atoms with E-state index < -0.39 is 15.9 Å². The summed E-state index contributed by atoms with van der Waals surface area (Å²) in [6.07, 6.45) is 2.64. The van der Waals surface area contributed by atoms with Gasteiger partial charge in [0.1, 0.15) is 5.75 Å². The summed E-state index contributed by atoms with van der Waals surface area (Å²) in [4.78, 5) is 28.4. The summed E-state index contributed by atoms with van der Waals surface area (Å²) >= 11 is 0. The minimum Gasteiger partial charge on any atom is -0.496 e. The van der Waals surface area contributed by atoms with Crippen molar-refractivity contribution in [2.24, 2.45) is 0 Å². The van der Waals surface area contributed by atoms with Crippen LogP contribution in [0.25, 0.3) is 0 Å². The minimum absolute atomic E-state index is 0.0680. The quantitative estimate of drug-likeness (QED) is 0.629. The molecular weight excluding hydrogens is 396 g/mol. The van der Waals surface area contributed by atoms with Crippen LogP contribution in [0.15, 0.2) is 24.4 Å². The molecule has 0 unspecified atom stereocenters. The predicted molar refractivity (Wildman–Crippen MR) is 111 cm³/mol. The third-order valence-corrected chi connectivity index (χ3v) is 4.64. The number of pyridine rings is 1. The lowest BCUT2D eigenvalue weighted by molar-refractivity contribution is -0.114. The number of benzene rings is 1. The van der Waals surface area contributed by atoms with Gasteiger partial charge in [-0.15, -0.1) is 0 Å². The molecule has 0 saturated heterocycles. The van der Waals surface area contributed by atoms with Crippen LogP contribution < -0.4 is 20.1 Å². The van der Waals surface area contributed by atoms with Crippen molar-refractivity contribution in [2.75, 3.05) is 23.4 Å². The molecule has 0 fully saturated rings. The van der Waals surface area contributed by atoms with E-state index in [4.69, 9.17) is 4.74 Å². The lowest BCUT2D eigenvalue weighted by Crippen LogP contribution is -2.26. The van der Waals surface area contributed by atoms with E-state index in [9.17, 15) is 18.0 Å². The molecule has 2 amide bonds. The number of hydrogen-bond donors (Lipinski definition) is 3. The molecule has 1 aromatic carbocycles. The highest BCUT2D eigenvalue weighted by atomic mass is 32.2. The standard InChI is InChI=1S/C19H24N4O5S/c1-11-9-20-17(12(2)18(11)28-4)10-21-19(25)15-8-14(22-13(3)24)6-7-16(15)23-29(5,26)27/h6-9,23H,10H2,1-5H3,(H,21,25)(H,22,24). The largest absolute Gasteiger partial charge is 0.496 e. The zero-order valence-corrected chi connectivity index (χ0v) is 17.7. The van der Waals surface area contributed by atoms with Gasteiger partial charge >= 0.3 is 0 Å². The Bertz CT molecular complexity index is 1050. The minimum atomic E-state index is -3.60. The maximum atomic E-state index is 12.8. The first-order valence-corrected chi connectivity index (χ1v) is 10.6. The summed E-state index contributed by atoms with van der Waals surface area (Å²) in [5, 5.41) is 5.30. The summed E-state index contributed by atoms with van der Waals surface area (Å²) in [6.45, 7) is 5.16. The highest BCUT2D eigenvalue weighted by Gasteiger charge is 2.17. The Labute approximate surface area is 169 Å². The van der Waals surface area contributed by atoms with Gasteiger partial charge in [0.2, 0.25) is 15.9 Å².